The summed E-state index contributed by atoms with van der Waals surface area (Å²) in [5.41, 5.74) is 2.08. The van der Waals surface area contributed by atoms with E-state index in [1.807, 2.05) is 19.1 Å². The van der Waals surface area contributed by atoms with E-state index >= 15 is 0 Å². The average molecular weight is 540 g/mol. The van der Waals surface area contributed by atoms with Crippen molar-refractivity contribution >= 4 is 47.0 Å². The van der Waals surface area contributed by atoms with Gasteiger partial charge in [0.25, 0.3) is 11.8 Å². The largest absolute Gasteiger partial charge is 0.457 e. The number of aryl methyl sites for hydroxylation is 1. The predicted molar refractivity (Wildman–Crippen MR) is 144 cm³/mol. The Labute approximate surface area is 225 Å². The zero-order valence-corrected chi connectivity index (χ0v) is 21.9. The van der Waals surface area contributed by atoms with Crippen LogP contribution in [0.15, 0.2) is 64.7 Å². The Morgan fingerprint density at radius 1 is 1.08 bits per heavy atom. The molecule has 37 heavy (non-hydrogen) atoms. The summed E-state index contributed by atoms with van der Waals surface area (Å²) in [6, 6.07) is 15.5. The van der Waals surface area contributed by atoms with Crippen LogP contribution >= 0.6 is 23.2 Å². The summed E-state index contributed by atoms with van der Waals surface area (Å²) >= 11 is 12.4. The Morgan fingerprint density at radius 3 is 2.59 bits per heavy atom. The van der Waals surface area contributed by atoms with Gasteiger partial charge in [-0.2, -0.15) is 0 Å². The van der Waals surface area contributed by atoms with E-state index in [-0.39, 0.29) is 11.6 Å². The normalized spacial score (nSPS) is 13.6. The molecule has 7 nitrogen and oxygen atoms in total. The molecule has 9 heteroatoms. The quantitative estimate of drug-likeness (QED) is 0.279. The van der Waals surface area contributed by atoms with E-state index < -0.39 is 11.8 Å². The number of likely N-dealkylation sites (tertiary alicyclic amines) is 1. The number of benzene rings is 2. The maximum absolute atomic E-state index is 13.0. The lowest BCUT2D eigenvalue weighted by molar-refractivity contribution is -0.127. The Hall–Kier alpha value is -3.55. The summed E-state index contributed by atoms with van der Waals surface area (Å²) in [7, 11) is 0. The minimum Gasteiger partial charge on any atom is -0.457 e. The van der Waals surface area contributed by atoms with Gasteiger partial charge in [-0.15, -0.1) is 0 Å². The summed E-state index contributed by atoms with van der Waals surface area (Å²) in [5, 5.41) is 6.50. The van der Waals surface area contributed by atoms with Crippen molar-refractivity contribution in [1.82, 2.24) is 15.5 Å². The second kappa shape index (κ2) is 12.1. The van der Waals surface area contributed by atoms with Gasteiger partial charge < -0.3 is 20.0 Å². The molecule has 3 aromatic rings. The molecule has 2 aromatic carbocycles. The van der Waals surface area contributed by atoms with E-state index in [1.165, 1.54) is 6.08 Å². The van der Waals surface area contributed by atoms with Crippen molar-refractivity contribution in [3.63, 3.8) is 0 Å². The van der Waals surface area contributed by atoms with Gasteiger partial charge in [-0.1, -0.05) is 40.9 Å². The molecular formula is C28H27Cl2N3O4. The van der Waals surface area contributed by atoms with Crippen molar-refractivity contribution in [2.75, 3.05) is 19.6 Å². The standard InChI is InChI=1S/C28H27Cl2N3O4/c1-18-5-7-19(8-6-18)27(35)32-24(28(36)31-13-3-15-33-14-2-4-26(33)34)17-21-10-12-25(37-21)22-16-20(29)9-11-23(22)30/h5-12,16-17H,2-4,13-15H2,1H3,(H,31,36)(H,32,35). The molecule has 0 spiro atoms. The van der Waals surface area contributed by atoms with E-state index in [4.69, 9.17) is 27.6 Å². The van der Waals surface area contributed by atoms with E-state index in [9.17, 15) is 14.4 Å². The number of furan rings is 1. The predicted octanol–water partition coefficient (Wildman–Crippen LogP) is 5.46. The molecule has 192 valence electrons. The summed E-state index contributed by atoms with van der Waals surface area (Å²) in [6.07, 6.45) is 3.52. The lowest BCUT2D eigenvalue weighted by Gasteiger charge is -2.16. The Bertz CT molecular complexity index is 1330. The fourth-order valence-electron chi connectivity index (χ4n) is 3.97. The zero-order valence-electron chi connectivity index (χ0n) is 20.4. The lowest BCUT2D eigenvalue weighted by atomic mass is 10.1. The highest BCUT2D eigenvalue weighted by atomic mass is 35.5. The molecule has 2 heterocycles. The first-order chi connectivity index (χ1) is 17.8. The van der Waals surface area contributed by atoms with E-state index in [0.717, 1.165) is 18.5 Å². The van der Waals surface area contributed by atoms with Gasteiger partial charge in [0.05, 0.1) is 5.02 Å². The lowest BCUT2D eigenvalue weighted by Crippen LogP contribution is -2.36. The number of nitrogens with zero attached hydrogens (tertiary/aromatic N) is 1. The van der Waals surface area contributed by atoms with Crippen molar-refractivity contribution in [2.45, 2.75) is 26.2 Å². The molecule has 0 bridgehead atoms. The van der Waals surface area contributed by atoms with Crippen LogP contribution < -0.4 is 10.6 Å². The summed E-state index contributed by atoms with van der Waals surface area (Å²) in [6.45, 7) is 3.61. The van der Waals surface area contributed by atoms with E-state index in [2.05, 4.69) is 10.6 Å². The fourth-order valence-corrected chi connectivity index (χ4v) is 4.35. The van der Waals surface area contributed by atoms with Crippen LogP contribution in [0, 0.1) is 6.92 Å². The molecule has 2 N–H and O–H groups in total. The summed E-state index contributed by atoms with van der Waals surface area (Å²) < 4.78 is 5.90. The maximum atomic E-state index is 13.0. The van der Waals surface area contributed by atoms with E-state index in [1.54, 1.807) is 47.4 Å². The van der Waals surface area contributed by atoms with Gasteiger partial charge in [0.1, 0.15) is 17.2 Å². The molecular weight excluding hydrogens is 513 g/mol. The Balaban J connectivity index is 1.50. The third-order valence-electron chi connectivity index (χ3n) is 5.98. The minimum atomic E-state index is -0.466. The number of carbonyl (C=O) groups excluding carboxylic acids is 3. The van der Waals surface area contributed by atoms with Gasteiger partial charge in [0.15, 0.2) is 0 Å². The Kier molecular flexibility index (Phi) is 8.69. The maximum Gasteiger partial charge on any atom is 0.267 e. The second-order valence-corrected chi connectivity index (χ2v) is 9.64. The smallest absolute Gasteiger partial charge is 0.267 e. The molecule has 0 radical (unpaired) electrons. The van der Waals surface area contributed by atoms with Crippen LogP contribution in [0.1, 0.15) is 40.9 Å². The van der Waals surface area contributed by atoms with Crippen molar-refractivity contribution in [2.24, 2.45) is 0 Å². The molecule has 0 atom stereocenters. The molecule has 3 amide bonds. The molecule has 4 rings (SSSR count). The first-order valence-corrected chi connectivity index (χ1v) is 12.8. The average Bonchev–Trinajstić information content (AvgIpc) is 3.51. The Morgan fingerprint density at radius 2 is 1.86 bits per heavy atom. The van der Waals surface area contributed by atoms with Crippen molar-refractivity contribution in [1.29, 1.82) is 0 Å². The minimum absolute atomic E-state index is 0.0286. The van der Waals surface area contributed by atoms with Crippen LogP contribution in [0.5, 0.6) is 0 Å². The van der Waals surface area contributed by atoms with Gasteiger partial charge in [-0.05, 0) is 62.2 Å². The van der Waals surface area contributed by atoms with Crippen LogP contribution in [0.4, 0.5) is 0 Å². The molecule has 1 saturated heterocycles. The second-order valence-electron chi connectivity index (χ2n) is 8.80. The molecule has 1 aromatic heterocycles. The van der Waals surface area contributed by atoms with Gasteiger partial charge in [-0.25, -0.2) is 0 Å². The van der Waals surface area contributed by atoms with Gasteiger partial charge in [-0.3, -0.25) is 14.4 Å². The van der Waals surface area contributed by atoms with Crippen LogP contribution in [0.2, 0.25) is 10.0 Å². The fraction of sp³-hybridized carbons (Fsp3) is 0.250. The highest BCUT2D eigenvalue weighted by Crippen LogP contribution is 2.32. The summed E-state index contributed by atoms with van der Waals surface area (Å²) in [4.78, 5) is 39.5. The van der Waals surface area contributed by atoms with E-state index in [0.29, 0.717) is 58.6 Å². The number of carbonyl (C=O) groups is 3. The van der Waals surface area contributed by atoms with Gasteiger partial charge in [0, 0.05) is 48.3 Å². The molecule has 1 fully saturated rings. The number of amides is 3. The zero-order chi connectivity index (χ0) is 26.4. The molecule has 1 aliphatic rings. The first-order valence-electron chi connectivity index (χ1n) is 12.0. The number of halogens is 2. The van der Waals surface area contributed by atoms with Gasteiger partial charge in [0.2, 0.25) is 5.91 Å². The van der Waals surface area contributed by atoms with Crippen LogP contribution in [-0.2, 0) is 9.59 Å². The number of hydrogen-bond acceptors (Lipinski definition) is 4. The topological polar surface area (TPSA) is 91.7 Å². The highest BCUT2D eigenvalue weighted by molar-refractivity contribution is 6.35. The SMILES string of the molecule is Cc1ccc(C(=O)NC(=Cc2ccc(-c3cc(Cl)ccc3Cl)o2)C(=O)NCCCN2CCCC2=O)cc1. The van der Waals surface area contributed by atoms with Crippen molar-refractivity contribution < 1.29 is 18.8 Å². The van der Waals surface area contributed by atoms with Crippen molar-refractivity contribution in [3.05, 3.63) is 87.2 Å². The molecule has 1 aliphatic heterocycles. The number of nitrogens with one attached hydrogen (secondary N) is 2. The van der Waals surface area contributed by atoms with Crippen LogP contribution in [0.3, 0.4) is 0 Å². The third-order valence-corrected chi connectivity index (χ3v) is 6.54. The summed E-state index contributed by atoms with van der Waals surface area (Å²) in [5.74, 6) is 0.0769. The molecule has 0 saturated carbocycles. The highest BCUT2D eigenvalue weighted by Gasteiger charge is 2.20. The van der Waals surface area contributed by atoms with Crippen LogP contribution in [0.25, 0.3) is 17.4 Å². The monoisotopic (exact) mass is 539 g/mol. The van der Waals surface area contributed by atoms with Crippen molar-refractivity contribution in [3.8, 4) is 11.3 Å². The first kappa shape index (κ1) is 26.5. The van der Waals surface area contributed by atoms with Gasteiger partial charge >= 0.3 is 0 Å². The molecule has 0 unspecified atom stereocenters. The number of rotatable bonds is 9. The number of hydrogen-bond donors (Lipinski definition) is 2. The van der Waals surface area contributed by atoms with Crippen LogP contribution in [-0.4, -0.2) is 42.3 Å². The molecule has 0 aliphatic carbocycles. The third kappa shape index (κ3) is 7.02.